The van der Waals surface area contributed by atoms with Gasteiger partial charge in [0.15, 0.2) is 0 Å². The Morgan fingerprint density at radius 3 is 2.86 bits per heavy atom. The van der Waals surface area contributed by atoms with Crippen LogP contribution in [0.2, 0.25) is 0 Å². The van der Waals surface area contributed by atoms with E-state index in [1.54, 1.807) is 0 Å². The van der Waals surface area contributed by atoms with Crippen molar-refractivity contribution in [3.8, 4) is 5.75 Å². The molecule has 0 aliphatic carbocycles. The van der Waals surface area contributed by atoms with E-state index in [2.05, 4.69) is 35.3 Å². The number of likely N-dealkylation sites (N-methyl/N-ethyl adjacent to an activating group) is 1. The van der Waals surface area contributed by atoms with E-state index in [9.17, 15) is 0 Å². The molecule has 0 aromatic heterocycles. The average molecular weight is 292 g/mol. The zero-order valence-electron chi connectivity index (χ0n) is 13.5. The summed E-state index contributed by atoms with van der Waals surface area (Å²) in [4.78, 5) is 2.53. The van der Waals surface area contributed by atoms with E-state index in [0.29, 0.717) is 6.61 Å². The van der Waals surface area contributed by atoms with Gasteiger partial charge in [0.2, 0.25) is 0 Å². The van der Waals surface area contributed by atoms with Crippen LogP contribution < -0.4 is 10.1 Å². The molecular weight excluding hydrogens is 264 g/mol. The number of benzene rings is 1. The molecule has 1 heterocycles. The van der Waals surface area contributed by atoms with E-state index >= 15 is 0 Å². The first-order valence-corrected chi connectivity index (χ1v) is 8.03. The van der Waals surface area contributed by atoms with Gasteiger partial charge in [0.25, 0.3) is 0 Å². The third kappa shape index (κ3) is 3.96. The summed E-state index contributed by atoms with van der Waals surface area (Å²) in [6.07, 6.45) is 1.32. The minimum absolute atomic E-state index is 0.164. The molecule has 1 fully saturated rings. The topological polar surface area (TPSA) is 33.7 Å². The predicted octanol–water partition coefficient (Wildman–Crippen LogP) is 2.46. The summed E-state index contributed by atoms with van der Waals surface area (Å²) in [5.41, 5.74) is 1.24. The van der Waals surface area contributed by atoms with Gasteiger partial charge in [0.1, 0.15) is 5.75 Å². The molecule has 0 bridgehead atoms. The minimum atomic E-state index is 0.164. The van der Waals surface area contributed by atoms with Crippen molar-refractivity contribution in [3.63, 3.8) is 0 Å². The molecule has 1 N–H and O–H groups in total. The maximum atomic E-state index is 6.04. The largest absolute Gasteiger partial charge is 0.494 e. The number of morpholine rings is 1. The van der Waals surface area contributed by atoms with Gasteiger partial charge in [-0.1, -0.05) is 25.1 Å². The van der Waals surface area contributed by atoms with Crippen LogP contribution in [-0.4, -0.2) is 50.9 Å². The Labute approximate surface area is 128 Å². The van der Waals surface area contributed by atoms with Crippen molar-refractivity contribution in [3.05, 3.63) is 29.8 Å². The van der Waals surface area contributed by atoms with Crippen LogP contribution in [0.1, 0.15) is 31.9 Å². The van der Waals surface area contributed by atoms with Crippen molar-refractivity contribution in [1.82, 2.24) is 10.2 Å². The lowest BCUT2D eigenvalue weighted by Gasteiger charge is -2.42. The smallest absolute Gasteiger partial charge is 0.124 e. The molecule has 21 heavy (non-hydrogen) atoms. The maximum absolute atomic E-state index is 6.04. The van der Waals surface area contributed by atoms with E-state index in [1.165, 1.54) is 5.56 Å². The second-order valence-corrected chi connectivity index (χ2v) is 5.42. The van der Waals surface area contributed by atoms with Gasteiger partial charge in [-0.3, -0.25) is 4.90 Å². The van der Waals surface area contributed by atoms with Crippen molar-refractivity contribution < 1.29 is 9.47 Å². The zero-order chi connectivity index (χ0) is 15.1. The number of para-hydroxylation sites is 1. The highest BCUT2D eigenvalue weighted by molar-refractivity contribution is 5.37. The van der Waals surface area contributed by atoms with Crippen LogP contribution in [0.3, 0.4) is 0 Å². The summed E-state index contributed by atoms with van der Waals surface area (Å²) in [7, 11) is 1.98. The van der Waals surface area contributed by atoms with E-state index in [4.69, 9.17) is 9.47 Å². The lowest BCUT2D eigenvalue weighted by atomic mass is 9.96. The Hall–Kier alpha value is -1.10. The van der Waals surface area contributed by atoms with Gasteiger partial charge >= 0.3 is 0 Å². The van der Waals surface area contributed by atoms with Crippen LogP contribution in [0, 0.1) is 0 Å². The summed E-state index contributed by atoms with van der Waals surface area (Å²) >= 11 is 0. The number of hydrogen-bond acceptors (Lipinski definition) is 4. The zero-order valence-corrected chi connectivity index (χ0v) is 13.5. The Morgan fingerprint density at radius 1 is 1.33 bits per heavy atom. The molecule has 4 nitrogen and oxygen atoms in total. The lowest BCUT2D eigenvalue weighted by molar-refractivity contribution is -0.0710. The SMILES string of the molecule is CCCN1CCOC(CNC)C1c1ccccc1OCC. The van der Waals surface area contributed by atoms with E-state index < -0.39 is 0 Å². The Bertz CT molecular complexity index is 407. The molecule has 1 aliphatic rings. The fourth-order valence-corrected chi connectivity index (χ4v) is 3.11. The van der Waals surface area contributed by atoms with Gasteiger partial charge in [0, 0.05) is 18.7 Å². The molecule has 1 aromatic rings. The van der Waals surface area contributed by atoms with E-state index in [-0.39, 0.29) is 12.1 Å². The van der Waals surface area contributed by atoms with Gasteiger partial charge in [-0.15, -0.1) is 0 Å². The molecule has 0 amide bonds. The molecule has 1 saturated heterocycles. The fraction of sp³-hybridized carbons (Fsp3) is 0.647. The van der Waals surface area contributed by atoms with Gasteiger partial charge in [0.05, 0.1) is 25.4 Å². The number of hydrogen-bond donors (Lipinski definition) is 1. The Kier molecular flexibility index (Phi) is 6.49. The first-order chi connectivity index (χ1) is 10.3. The van der Waals surface area contributed by atoms with Crippen LogP contribution in [0.5, 0.6) is 5.75 Å². The summed E-state index contributed by atoms with van der Waals surface area (Å²) in [6.45, 7) is 8.69. The van der Waals surface area contributed by atoms with Crippen molar-refractivity contribution in [2.75, 3.05) is 39.9 Å². The van der Waals surface area contributed by atoms with Crippen LogP contribution in [-0.2, 0) is 4.74 Å². The molecule has 1 aliphatic heterocycles. The fourth-order valence-electron chi connectivity index (χ4n) is 3.11. The first kappa shape index (κ1) is 16.3. The van der Waals surface area contributed by atoms with E-state index in [0.717, 1.165) is 38.4 Å². The normalized spacial score (nSPS) is 23.2. The summed E-state index contributed by atoms with van der Waals surface area (Å²) < 4.78 is 11.9. The number of nitrogens with zero attached hydrogens (tertiary/aromatic N) is 1. The van der Waals surface area contributed by atoms with E-state index in [1.807, 2.05) is 20.0 Å². The standard InChI is InChI=1S/C17H28N2O2/c1-4-10-19-11-12-21-16(13-18-3)17(19)14-8-6-7-9-15(14)20-5-2/h6-9,16-18H,4-5,10-13H2,1-3H3. The monoisotopic (exact) mass is 292 g/mol. The highest BCUT2D eigenvalue weighted by Crippen LogP contribution is 2.35. The maximum Gasteiger partial charge on any atom is 0.124 e. The second kappa shape index (κ2) is 8.37. The van der Waals surface area contributed by atoms with Crippen LogP contribution in [0.4, 0.5) is 0 Å². The number of rotatable bonds is 7. The van der Waals surface area contributed by atoms with Crippen LogP contribution in [0.25, 0.3) is 0 Å². The summed E-state index contributed by atoms with van der Waals surface area (Å²) in [6, 6.07) is 8.63. The highest BCUT2D eigenvalue weighted by atomic mass is 16.5. The van der Waals surface area contributed by atoms with Crippen molar-refractivity contribution in [2.45, 2.75) is 32.4 Å². The third-order valence-electron chi connectivity index (χ3n) is 3.91. The quantitative estimate of drug-likeness (QED) is 0.837. The molecule has 2 atom stereocenters. The Balaban J connectivity index is 2.32. The average Bonchev–Trinajstić information content (AvgIpc) is 2.50. The van der Waals surface area contributed by atoms with Gasteiger partial charge in [-0.2, -0.15) is 0 Å². The number of nitrogens with one attached hydrogen (secondary N) is 1. The summed E-state index contributed by atoms with van der Waals surface area (Å²) in [5.74, 6) is 0.984. The summed E-state index contributed by atoms with van der Waals surface area (Å²) in [5, 5.41) is 3.26. The number of ether oxygens (including phenoxy) is 2. The van der Waals surface area contributed by atoms with Crippen LogP contribution in [0.15, 0.2) is 24.3 Å². The molecular formula is C17H28N2O2. The lowest BCUT2D eigenvalue weighted by Crippen LogP contribution is -2.49. The van der Waals surface area contributed by atoms with Crippen LogP contribution >= 0.6 is 0 Å². The minimum Gasteiger partial charge on any atom is -0.494 e. The Morgan fingerprint density at radius 2 is 2.14 bits per heavy atom. The van der Waals surface area contributed by atoms with Crippen molar-refractivity contribution in [2.24, 2.45) is 0 Å². The molecule has 2 unspecified atom stereocenters. The molecule has 118 valence electrons. The molecule has 4 heteroatoms. The van der Waals surface area contributed by atoms with Gasteiger partial charge < -0.3 is 14.8 Å². The predicted molar refractivity (Wildman–Crippen MR) is 85.9 cm³/mol. The first-order valence-electron chi connectivity index (χ1n) is 8.03. The van der Waals surface area contributed by atoms with Gasteiger partial charge in [-0.05, 0) is 33.0 Å². The van der Waals surface area contributed by atoms with Crippen molar-refractivity contribution in [1.29, 1.82) is 0 Å². The molecule has 0 radical (unpaired) electrons. The second-order valence-electron chi connectivity index (χ2n) is 5.42. The molecule has 0 spiro atoms. The third-order valence-corrected chi connectivity index (χ3v) is 3.91. The van der Waals surface area contributed by atoms with Gasteiger partial charge in [-0.25, -0.2) is 0 Å². The molecule has 0 saturated carbocycles. The highest BCUT2D eigenvalue weighted by Gasteiger charge is 2.34. The van der Waals surface area contributed by atoms with Crippen molar-refractivity contribution >= 4 is 0 Å². The molecule has 1 aromatic carbocycles. The molecule has 2 rings (SSSR count).